The third-order valence-electron chi connectivity index (χ3n) is 2.71. The molecule has 0 fully saturated rings. The molecule has 3 nitrogen and oxygen atoms in total. The van der Waals surface area contributed by atoms with E-state index in [0.29, 0.717) is 11.1 Å². The number of halogens is 1. The fourth-order valence-electron chi connectivity index (χ4n) is 1.70. The van der Waals surface area contributed by atoms with Crippen LogP contribution >= 0.6 is 0 Å². The summed E-state index contributed by atoms with van der Waals surface area (Å²) < 4.78 is 13.9. The molecule has 0 spiro atoms. The van der Waals surface area contributed by atoms with E-state index in [1.54, 1.807) is 60.7 Å². The van der Waals surface area contributed by atoms with E-state index >= 15 is 0 Å². The van der Waals surface area contributed by atoms with Crippen molar-refractivity contribution in [2.24, 2.45) is 0 Å². The quantitative estimate of drug-likeness (QED) is 0.829. The molecular formula is C15H14FNO2. The van der Waals surface area contributed by atoms with Crippen LogP contribution < -0.4 is 5.32 Å². The lowest BCUT2D eigenvalue weighted by atomic mass is 10.1. The van der Waals surface area contributed by atoms with Gasteiger partial charge in [0.1, 0.15) is 0 Å². The Kier molecular flexibility index (Phi) is 4.26. The monoisotopic (exact) mass is 259 g/mol. The van der Waals surface area contributed by atoms with Gasteiger partial charge in [0.15, 0.2) is 12.4 Å². The zero-order chi connectivity index (χ0) is 13.7. The molecule has 0 aliphatic heterocycles. The molecule has 0 aromatic heterocycles. The second kappa shape index (κ2) is 6.11. The number of hydrogen-bond donors (Lipinski definition) is 2. The minimum Gasteiger partial charge on any atom is -0.370 e. The normalized spacial score (nSPS) is 13.6. The third kappa shape index (κ3) is 3.39. The number of aliphatic hydroxyl groups excluding tert-OH is 1. The first kappa shape index (κ1) is 13.2. The molecule has 0 bridgehead atoms. The van der Waals surface area contributed by atoms with Gasteiger partial charge < -0.3 is 10.4 Å². The van der Waals surface area contributed by atoms with E-state index in [0.717, 1.165) is 0 Å². The van der Waals surface area contributed by atoms with Crippen molar-refractivity contribution in [3.63, 3.8) is 0 Å². The largest absolute Gasteiger partial charge is 0.370 e. The van der Waals surface area contributed by atoms with Crippen LogP contribution in [0.2, 0.25) is 0 Å². The van der Waals surface area contributed by atoms with Crippen LogP contribution in [-0.2, 0) is 0 Å². The maximum atomic E-state index is 13.9. The molecule has 0 radical (unpaired) electrons. The molecule has 19 heavy (non-hydrogen) atoms. The molecule has 1 amide bonds. The molecular weight excluding hydrogens is 245 g/mol. The van der Waals surface area contributed by atoms with Gasteiger partial charge in [0.2, 0.25) is 0 Å². The Labute approximate surface area is 110 Å². The van der Waals surface area contributed by atoms with Gasteiger partial charge in [-0.25, -0.2) is 4.39 Å². The van der Waals surface area contributed by atoms with Crippen molar-refractivity contribution in [3.05, 3.63) is 71.8 Å². The minimum absolute atomic E-state index is 0.323. The first-order chi connectivity index (χ1) is 9.18. The van der Waals surface area contributed by atoms with Gasteiger partial charge in [-0.05, 0) is 17.7 Å². The number of carbonyl (C=O) groups excluding carboxylic acids is 1. The first-order valence-electron chi connectivity index (χ1n) is 5.91. The van der Waals surface area contributed by atoms with E-state index in [2.05, 4.69) is 5.32 Å². The van der Waals surface area contributed by atoms with E-state index in [-0.39, 0.29) is 0 Å². The molecule has 2 aromatic rings. The average molecular weight is 259 g/mol. The summed E-state index contributed by atoms with van der Waals surface area (Å²) in [6, 6.07) is 16.6. The van der Waals surface area contributed by atoms with Crippen LogP contribution in [0, 0.1) is 0 Å². The summed E-state index contributed by atoms with van der Waals surface area (Å²) in [5, 5.41) is 11.9. The highest BCUT2D eigenvalue weighted by Gasteiger charge is 2.22. The van der Waals surface area contributed by atoms with Crippen LogP contribution in [0.5, 0.6) is 0 Å². The lowest BCUT2D eigenvalue weighted by molar-refractivity contribution is 0.0421. The molecule has 2 N–H and O–H groups in total. The summed E-state index contributed by atoms with van der Waals surface area (Å²) in [5.74, 6) is -0.508. The van der Waals surface area contributed by atoms with Crippen molar-refractivity contribution in [2.75, 3.05) is 0 Å². The number of nitrogens with one attached hydrogen (secondary N) is 1. The maximum absolute atomic E-state index is 13.9. The van der Waals surface area contributed by atoms with Gasteiger partial charge in [-0.1, -0.05) is 48.5 Å². The van der Waals surface area contributed by atoms with Crippen LogP contribution in [0.4, 0.5) is 4.39 Å². The van der Waals surface area contributed by atoms with E-state index < -0.39 is 18.3 Å². The highest BCUT2D eigenvalue weighted by Crippen LogP contribution is 2.19. The summed E-state index contributed by atoms with van der Waals surface area (Å²) >= 11 is 0. The van der Waals surface area contributed by atoms with E-state index in [4.69, 9.17) is 0 Å². The molecule has 4 heteroatoms. The summed E-state index contributed by atoms with van der Waals surface area (Å²) in [4.78, 5) is 11.8. The van der Waals surface area contributed by atoms with Crippen LogP contribution in [0.1, 0.15) is 22.1 Å². The topological polar surface area (TPSA) is 49.3 Å². The zero-order valence-electron chi connectivity index (χ0n) is 10.2. The van der Waals surface area contributed by atoms with Crippen molar-refractivity contribution >= 4 is 5.91 Å². The molecule has 2 aromatic carbocycles. The zero-order valence-corrected chi connectivity index (χ0v) is 10.2. The molecule has 0 aliphatic rings. The number of hydrogen-bond acceptors (Lipinski definition) is 2. The smallest absolute Gasteiger partial charge is 0.253 e. The van der Waals surface area contributed by atoms with Crippen molar-refractivity contribution in [1.29, 1.82) is 0 Å². The molecule has 98 valence electrons. The Morgan fingerprint density at radius 2 is 1.53 bits per heavy atom. The van der Waals surface area contributed by atoms with Crippen LogP contribution in [0.15, 0.2) is 60.7 Å². The molecule has 2 rings (SSSR count). The first-order valence-corrected chi connectivity index (χ1v) is 5.91. The predicted molar refractivity (Wildman–Crippen MR) is 70.2 cm³/mol. The fraction of sp³-hybridized carbons (Fsp3) is 0.133. The summed E-state index contributed by atoms with van der Waals surface area (Å²) in [6.07, 6.45) is -3.23. The lowest BCUT2D eigenvalue weighted by Crippen LogP contribution is -2.37. The number of benzene rings is 2. The van der Waals surface area contributed by atoms with Crippen molar-refractivity contribution < 1.29 is 14.3 Å². The van der Waals surface area contributed by atoms with Gasteiger partial charge >= 0.3 is 0 Å². The van der Waals surface area contributed by atoms with Gasteiger partial charge in [-0.15, -0.1) is 0 Å². The number of aliphatic hydroxyl groups is 1. The highest BCUT2D eigenvalue weighted by molar-refractivity contribution is 5.94. The molecule has 2 atom stereocenters. The number of carbonyl (C=O) groups is 1. The van der Waals surface area contributed by atoms with E-state index in [9.17, 15) is 14.3 Å². The number of rotatable bonds is 4. The molecule has 0 heterocycles. The van der Waals surface area contributed by atoms with Crippen molar-refractivity contribution in [3.8, 4) is 0 Å². The van der Waals surface area contributed by atoms with E-state index in [1.807, 2.05) is 0 Å². The van der Waals surface area contributed by atoms with E-state index in [1.165, 1.54) is 0 Å². The van der Waals surface area contributed by atoms with Gasteiger partial charge in [0.05, 0.1) is 0 Å². The Morgan fingerprint density at radius 1 is 1.00 bits per heavy atom. The SMILES string of the molecule is O=C(N[C@H](O)[C@H](F)c1ccccc1)c1ccccc1. The Bertz CT molecular complexity index is 530. The summed E-state index contributed by atoms with van der Waals surface area (Å²) in [5.41, 5.74) is 0.699. The summed E-state index contributed by atoms with van der Waals surface area (Å²) in [6.45, 7) is 0. The molecule has 0 saturated carbocycles. The molecule has 0 saturated heterocycles. The second-order valence-electron chi connectivity index (χ2n) is 4.10. The van der Waals surface area contributed by atoms with Crippen LogP contribution in [0.3, 0.4) is 0 Å². The third-order valence-corrected chi connectivity index (χ3v) is 2.71. The second-order valence-corrected chi connectivity index (χ2v) is 4.10. The maximum Gasteiger partial charge on any atom is 0.253 e. The Morgan fingerprint density at radius 3 is 2.11 bits per heavy atom. The van der Waals surface area contributed by atoms with Crippen LogP contribution in [-0.4, -0.2) is 17.2 Å². The number of amides is 1. The van der Waals surface area contributed by atoms with Crippen molar-refractivity contribution in [1.82, 2.24) is 5.32 Å². The highest BCUT2D eigenvalue weighted by atomic mass is 19.1. The van der Waals surface area contributed by atoms with Gasteiger partial charge in [0.25, 0.3) is 5.91 Å². The predicted octanol–water partition coefficient (Wildman–Crippen LogP) is 2.45. The Hall–Kier alpha value is -2.20. The molecule has 0 aliphatic carbocycles. The lowest BCUT2D eigenvalue weighted by Gasteiger charge is -2.17. The van der Waals surface area contributed by atoms with Gasteiger partial charge in [-0.2, -0.15) is 0 Å². The van der Waals surface area contributed by atoms with Crippen LogP contribution in [0.25, 0.3) is 0 Å². The minimum atomic E-state index is -1.66. The van der Waals surface area contributed by atoms with Gasteiger partial charge in [0, 0.05) is 5.56 Å². The fourth-order valence-corrected chi connectivity index (χ4v) is 1.70. The van der Waals surface area contributed by atoms with Gasteiger partial charge in [-0.3, -0.25) is 4.79 Å². The summed E-state index contributed by atoms with van der Waals surface area (Å²) in [7, 11) is 0. The average Bonchev–Trinajstić information content (AvgIpc) is 2.48. The Balaban J connectivity index is 2.02. The molecule has 0 unspecified atom stereocenters. The number of alkyl halides is 1. The van der Waals surface area contributed by atoms with Crippen molar-refractivity contribution in [2.45, 2.75) is 12.4 Å². The standard InChI is InChI=1S/C15H14FNO2/c16-13(11-7-3-1-4-8-11)15(19)17-14(18)12-9-5-2-6-10-12/h1-10,13,15,19H,(H,17,18)/t13-,15-/m1/s1.